The van der Waals surface area contributed by atoms with Gasteiger partial charge in [-0.25, -0.2) is 8.78 Å². The van der Waals surface area contributed by atoms with Crippen molar-refractivity contribution >= 4 is 0 Å². The van der Waals surface area contributed by atoms with Crippen molar-refractivity contribution < 1.29 is 8.78 Å². The quantitative estimate of drug-likeness (QED) is 0.886. The molecule has 0 saturated carbocycles. The molecule has 2 N–H and O–H groups in total. The van der Waals surface area contributed by atoms with Crippen LogP contribution in [0.4, 0.5) is 8.78 Å². The Morgan fingerprint density at radius 2 is 2.12 bits per heavy atom. The number of benzene rings is 1. The Balaban J connectivity index is 2.15. The van der Waals surface area contributed by atoms with Gasteiger partial charge in [0, 0.05) is 19.3 Å². The Labute approximate surface area is 97.9 Å². The van der Waals surface area contributed by atoms with Gasteiger partial charge >= 0.3 is 0 Å². The van der Waals surface area contributed by atoms with Crippen molar-refractivity contribution in [3.05, 3.63) is 53.4 Å². The monoisotopic (exact) mass is 237 g/mol. The Hall–Kier alpha value is -1.75. The fraction of sp³-hybridized carbons (Fsp3) is 0.250. The summed E-state index contributed by atoms with van der Waals surface area (Å²) < 4.78 is 27.8. The van der Waals surface area contributed by atoms with Crippen molar-refractivity contribution in [3.63, 3.8) is 0 Å². The lowest BCUT2D eigenvalue weighted by Crippen LogP contribution is -2.15. The van der Waals surface area contributed by atoms with Gasteiger partial charge in [0.25, 0.3) is 0 Å². The van der Waals surface area contributed by atoms with Crippen molar-refractivity contribution in [3.8, 4) is 0 Å². The molecule has 5 heteroatoms. The number of hydrogen-bond donors (Lipinski definition) is 1. The molecule has 0 aliphatic heterocycles. The van der Waals surface area contributed by atoms with Gasteiger partial charge in [0.05, 0.1) is 11.7 Å². The molecule has 0 aliphatic rings. The average Bonchev–Trinajstić information content (AvgIpc) is 2.69. The summed E-state index contributed by atoms with van der Waals surface area (Å²) in [6, 6.07) is 4.89. The van der Waals surface area contributed by atoms with Crippen molar-refractivity contribution in [2.45, 2.75) is 12.5 Å². The Kier molecular flexibility index (Phi) is 3.19. The SMILES string of the molecule is Cn1ccc(C(N)Cc2ccc(F)cc2F)n1. The van der Waals surface area contributed by atoms with Gasteiger partial charge in [-0.15, -0.1) is 0 Å². The van der Waals surface area contributed by atoms with Crippen LogP contribution in [0.15, 0.2) is 30.5 Å². The van der Waals surface area contributed by atoms with Gasteiger partial charge in [0.2, 0.25) is 0 Å². The summed E-state index contributed by atoms with van der Waals surface area (Å²) in [5.74, 6) is -1.16. The number of nitrogens with zero attached hydrogens (tertiary/aromatic N) is 2. The van der Waals surface area contributed by atoms with E-state index in [4.69, 9.17) is 5.73 Å². The van der Waals surface area contributed by atoms with E-state index in [1.807, 2.05) is 0 Å². The van der Waals surface area contributed by atoms with Crippen molar-refractivity contribution in [1.82, 2.24) is 9.78 Å². The van der Waals surface area contributed by atoms with Crippen LogP contribution in [0.3, 0.4) is 0 Å². The van der Waals surface area contributed by atoms with Gasteiger partial charge in [-0.1, -0.05) is 6.07 Å². The lowest BCUT2D eigenvalue weighted by atomic mass is 10.0. The van der Waals surface area contributed by atoms with E-state index in [0.717, 1.165) is 6.07 Å². The molecule has 0 saturated heterocycles. The molecule has 90 valence electrons. The molecular weight excluding hydrogens is 224 g/mol. The van der Waals surface area contributed by atoms with Crippen molar-refractivity contribution in [2.75, 3.05) is 0 Å². The van der Waals surface area contributed by atoms with E-state index in [1.165, 1.54) is 12.1 Å². The topological polar surface area (TPSA) is 43.8 Å². The van der Waals surface area contributed by atoms with Gasteiger partial charge in [-0.3, -0.25) is 4.68 Å². The maximum atomic E-state index is 13.4. The van der Waals surface area contributed by atoms with Crippen LogP contribution in [-0.4, -0.2) is 9.78 Å². The Bertz CT molecular complexity index is 522. The van der Waals surface area contributed by atoms with E-state index >= 15 is 0 Å². The molecule has 0 spiro atoms. The van der Waals surface area contributed by atoms with E-state index in [0.29, 0.717) is 17.7 Å². The maximum Gasteiger partial charge on any atom is 0.129 e. The van der Waals surface area contributed by atoms with Gasteiger partial charge < -0.3 is 5.73 Å². The van der Waals surface area contributed by atoms with Gasteiger partial charge in [0.15, 0.2) is 0 Å². The molecule has 0 amide bonds. The molecule has 1 aromatic heterocycles. The van der Waals surface area contributed by atoms with Crippen LogP contribution in [0.2, 0.25) is 0 Å². The van der Waals surface area contributed by atoms with E-state index in [1.54, 1.807) is 24.0 Å². The van der Waals surface area contributed by atoms with Gasteiger partial charge in [-0.05, 0) is 24.1 Å². The molecule has 3 nitrogen and oxygen atoms in total. The number of rotatable bonds is 3. The molecule has 2 rings (SSSR count). The van der Waals surface area contributed by atoms with Crippen LogP contribution in [-0.2, 0) is 13.5 Å². The third kappa shape index (κ3) is 2.68. The van der Waals surface area contributed by atoms with Crippen molar-refractivity contribution in [1.29, 1.82) is 0 Å². The first kappa shape index (κ1) is 11.7. The molecule has 0 radical (unpaired) electrons. The summed E-state index contributed by atoms with van der Waals surface area (Å²) in [6.07, 6.45) is 2.07. The van der Waals surface area contributed by atoms with E-state index in [-0.39, 0.29) is 0 Å². The third-order valence-electron chi connectivity index (χ3n) is 2.57. The molecule has 1 aromatic carbocycles. The van der Waals surface area contributed by atoms with Crippen LogP contribution in [0.1, 0.15) is 17.3 Å². The average molecular weight is 237 g/mol. The highest BCUT2D eigenvalue weighted by Crippen LogP contribution is 2.17. The van der Waals surface area contributed by atoms with E-state index < -0.39 is 17.7 Å². The van der Waals surface area contributed by atoms with Gasteiger partial charge in [0.1, 0.15) is 11.6 Å². The van der Waals surface area contributed by atoms with Crippen LogP contribution in [0.25, 0.3) is 0 Å². The second kappa shape index (κ2) is 4.63. The summed E-state index contributed by atoms with van der Waals surface area (Å²) in [6.45, 7) is 0. The first-order valence-corrected chi connectivity index (χ1v) is 5.25. The summed E-state index contributed by atoms with van der Waals surface area (Å²) >= 11 is 0. The summed E-state index contributed by atoms with van der Waals surface area (Å²) in [7, 11) is 1.79. The number of aryl methyl sites for hydroxylation is 1. The molecule has 1 heterocycles. The second-order valence-electron chi connectivity index (χ2n) is 3.96. The largest absolute Gasteiger partial charge is 0.322 e. The summed E-state index contributed by atoms with van der Waals surface area (Å²) in [5.41, 5.74) is 7.00. The van der Waals surface area contributed by atoms with E-state index in [2.05, 4.69) is 5.10 Å². The molecule has 1 atom stereocenters. The lowest BCUT2D eigenvalue weighted by molar-refractivity contribution is 0.559. The number of aromatic nitrogens is 2. The minimum Gasteiger partial charge on any atom is -0.322 e. The standard InChI is InChI=1S/C12H13F2N3/c1-17-5-4-12(16-17)11(15)6-8-2-3-9(13)7-10(8)14/h2-5,7,11H,6,15H2,1H3. The Morgan fingerprint density at radius 3 is 2.71 bits per heavy atom. The normalized spacial score (nSPS) is 12.7. The molecule has 2 aromatic rings. The minimum absolute atomic E-state index is 0.295. The predicted molar refractivity (Wildman–Crippen MR) is 60.2 cm³/mol. The van der Waals surface area contributed by atoms with E-state index in [9.17, 15) is 8.78 Å². The lowest BCUT2D eigenvalue weighted by Gasteiger charge is -2.09. The highest BCUT2D eigenvalue weighted by atomic mass is 19.1. The fourth-order valence-electron chi connectivity index (χ4n) is 1.66. The van der Waals surface area contributed by atoms with Crippen LogP contribution in [0, 0.1) is 11.6 Å². The molecule has 0 fully saturated rings. The zero-order valence-electron chi connectivity index (χ0n) is 9.40. The number of nitrogens with two attached hydrogens (primary N) is 1. The molecule has 1 unspecified atom stereocenters. The maximum absolute atomic E-state index is 13.4. The van der Waals surface area contributed by atoms with Crippen LogP contribution in [0.5, 0.6) is 0 Å². The summed E-state index contributed by atoms with van der Waals surface area (Å²) in [5, 5.41) is 4.15. The fourth-order valence-corrected chi connectivity index (χ4v) is 1.66. The summed E-state index contributed by atoms with van der Waals surface area (Å²) in [4.78, 5) is 0. The highest BCUT2D eigenvalue weighted by Gasteiger charge is 2.13. The molecular formula is C12H13F2N3. The Morgan fingerprint density at radius 1 is 1.35 bits per heavy atom. The molecule has 0 bridgehead atoms. The predicted octanol–water partition coefficient (Wildman–Crippen LogP) is 1.94. The smallest absolute Gasteiger partial charge is 0.129 e. The zero-order chi connectivity index (χ0) is 12.4. The minimum atomic E-state index is -0.586. The molecule has 0 aliphatic carbocycles. The van der Waals surface area contributed by atoms with Crippen molar-refractivity contribution in [2.24, 2.45) is 12.8 Å². The zero-order valence-corrected chi connectivity index (χ0v) is 9.40. The van der Waals surface area contributed by atoms with Crippen LogP contribution >= 0.6 is 0 Å². The first-order chi connectivity index (χ1) is 8.06. The second-order valence-corrected chi connectivity index (χ2v) is 3.96. The number of hydrogen-bond acceptors (Lipinski definition) is 2. The first-order valence-electron chi connectivity index (χ1n) is 5.25. The molecule has 17 heavy (non-hydrogen) atoms. The van der Waals surface area contributed by atoms with Gasteiger partial charge in [-0.2, -0.15) is 5.10 Å². The number of halogens is 2. The van der Waals surface area contributed by atoms with Crippen LogP contribution < -0.4 is 5.73 Å². The third-order valence-corrected chi connectivity index (χ3v) is 2.57. The highest BCUT2D eigenvalue weighted by molar-refractivity contribution is 5.21.